The maximum absolute atomic E-state index is 13.8. The molecule has 0 radical (unpaired) electrons. The van der Waals surface area contributed by atoms with Crippen LogP contribution in [0, 0.1) is 5.82 Å². The van der Waals surface area contributed by atoms with E-state index < -0.39 is 15.7 Å². The standard InChI is InChI=1S/C22H17FN2O2S/c23-18-11-12-21-19(15-18)20(13-14-28(21,26)27)24-25-22(16-7-3-1-4-8-16)17-9-5-2-6-10-17/h1-13,15,24H,14H2. The summed E-state index contributed by atoms with van der Waals surface area (Å²) in [6.07, 6.45) is 1.52. The molecular formula is C22H17FN2O2S. The van der Waals surface area contributed by atoms with E-state index in [4.69, 9.17) is 0 Å². The molecule has 140 valence electrons. The van der Waals surface area contributed by atoms with Gasteiger partial charge in [0.15, 0.2) is 9.84 Å². The minimum Gasteiger partial charge on any atom is -0.278 e. The van der Waals surface area contributed by atoms with Crippen molar-refractivity contribution in [3.8, 4) is 0 Å². The molecule has 1 heterocycles. The van der Waals surface area contributed by atoms with E-state index >= 15 is 0 Å². The highest BCUT2D eigenvalue weighted by Gasteiger charge is 2.25. The fraction of sp³-hybridized carbons (Fsp3) is 0.0455. The molecule has 0 aromatic heterocycles. The van der Waals surface area contributed by atoms with Crippen LogP contribution in [-0.4, -0.2) is 19.9 Å². The Bertz CT molecular complexity index is 1130. The van der Waals surface area contributed by atoms with Crippen molar-refractivity contribution in [2.24, 2.45) is 5.10 Å². The molecule has 0 unspecified atom stereocenters. The van der Waals surface area contributed by atoms with Crippen LogP contribution in [0.25, 0.3) is 5.70 Å². The molecular weight excluding hydrogens is 375 g/mol. The van der Waals surface area contributed by atoms with Crippen molar-refractivity contribution >= 4 is 21.2 Å². The lowest BCUT2D eigenvalue weighted by Gasteiger charge is -2.18. The summed E-state index contributed by atoms with van der Waals surface area (Å²) in [5.74, 6) is -0.658. The van der Waals surface area contributed by atoms with Gasteiger partial charge in [0.05, 0.1) is 22.1 Å². The Hall–Kier alpha value is -3.25. The molecule has 0 aliphatic carbocycles. The first-order valence-corrected chi connectivity index (χ1v) is 10.4. The van der Waals surface area contributed by atoms with E-state index in [0.717, 1.165) is 17.2 Å². The highest BCUT2D eigenvalue weighted by molar-refractivity contribution is 7.91. The third kappa shape index (κ3) is 3.59. The number of hydrazone groups is 1. The first-order valence-electron chi connectivity index (χ1n) is 8.72. The van der Waals surface area contributed by atoms with Crippen molar-refractivity contribution in [1.29, 1.82) is 0 Å². The van der Waals surface area contributed by atoms with Gasteiger partial charge in [0.1, 0.15) is 5.82 Å². The Morgan fingerprint density at radius 3 is 2.11 bits per heavy atom. The summed E-state index contributed by atoms with van der Waals surface area (Å²) in [4.78, 5) is 0.107. The molecule has 6 heteroatoms. The fourth-order valence-corrected chi connectivity index (χ4v) is 4.43. The van der Waals surface area contributed by atoms with Crippen molar-refractivity contribution in [2.75, 3.05) is 5.75 Å². The molecule has 1 N–H and O–H groups in total. The summed E-state index contributed by atoms with van der Waals surface area (Å²) in [7, 11) is -3.47. The number of hydrogen-bond donors (Lipinski definition) is 1. The molecule has 4 nitrogen and oxygen atoms in total. The number of nitrogens with zero attached hydrogens (tertiary/aromatic N) is 1. The lowest BCUT2D eigenvalue weighted by atomic mass is 10.0. The van der Waals surface area contributed by atoms with Crippen LogP contribution in [0.15, 0.2) is 94.9 Å². The molecule has 1 aliphatic rings. The zero-order valence-corrected chi connectivity index (χ0v) is 15.7. The summed E-state index contributed by atoms with van der Waals surface area (Å²) in [5, 5.41) is 4.55. The van der Waals surface area contributed by atoms with Crippen molar-refractivity contribution < 1.29 is 12.8 Å². The summed E-state index contributed by atoms with van der Waals surface area (Å²) in [6.45, 7) is 0. The SMILES string of the molecule is O=S1(=O)CC=C(NN=C(c2ccccc2)c2ccccc2)c2cc(F)ccc21. The topological polar surface area (TPSA) is 58.5 Å². The maximum atomic E-state index is 13.8. The number of rotatable bonds is 4. The minimum atomic E-state index is -3.47. The predicted molar refractivity (Wildman–Crippen MR) is 108 cm³/mol. The van der Waals surface area contributed by atoms with Gasteiger partial charge in [-0.2, -0.15) is 5.10 Å². The molecule has 0 saturated carbocycles. The van der Waals surface area contributed by atoms with Crippen molar-refractivity contribution in [3.63, 3.8) is 0 Å². The highest BCUT2D eigenvalue weighted by Crippen LogP contribution is 2.28. The molecule has 28 heavy (non-hydrogen) atoms. The minimum absolute atomic E-state index is 0.107. The van der Waals surface area contributed by atoms with Crippen molar-refractivity contribution in [2.45, 2.75) is 4.90 Å². The second kappa shape index (κ2) is 7.40. The molecule has 0 amide bonds. The van der Waals surface area contributed by atoms with Gasteiger partial charge < -0.3 is 0 Å². The molecule has 0 spiro atoms. The normalized spacial score (nSPS) is 14.5. The molecule has 0 bridgehead atoms. The van der Waals surface area contributed by atoms with Crippen molar-refractivity contribution in [3.05, 3.63) is 107 Å². The van der Waals surface area contributed by atoms with E-state index in [1.807, 2.05) is 60.7 Å². The highest BCUT2D eigenvalue weighted by atomic mass is 32.2. The molecule has 4 rings (SSSR count). The molecule has 1 aliphatic heterocycles. The van der Waals surface area contributed by atoms with Gasteiger partial charge in [-0.15, -0.1) is 0 Å². The number of sulfone groups is 1. The average Bonchev–Trinajstić information content (AvgIpc) is 2.71. The van der Waals surface area contributed by atoms with Gasteiger partial charge in [-0.05, 0) is 24.3 Å². The number of fused-ring (bicyclic) bond motifs is 1. The van der Waals surface area contributed by atoms with Crippen LogP contribution in [0.4, 0.5) is 4.39 Å². The molecule has 0 atom stereocenters. The lowest BCUT2D eigenvalue weighted by Crippen LogP contribution is -2.19. The van der Waals surface area contributed by atoms with Crippen LogP contribution in [0.1, 0.15) is 16.7 Å². The summed E-state index contributed by atoms with van der Waals surface area (Å²) < 4.78 is 38.3. The molecule has 3 aromatic carbocycles. The third-order valence-electron chi connectivity index (χ3n) is 4.46. The van der Waals surface area contributed by atoms with Crippen LogP contribution < -0.4 is 5.43 Å². The van der Waals surface area contributed by atoms with Crippen LogP contribution in [0.3, 0.4) is 0 Å². The van der Waals surface area contributed by atoms with Crippen LogP contribution in [0.5, 0.6) is 0 Å². The summed E-state index contributed by atoms with van der Waals surface area (Å²) in [6, 6.07) is 23.0. The van der Waals surface area contributed by atoms with Gasteiger partial charge in [0.2, 0.25) is 0 Å². The van der Waals surface area contributed by atoms with E-state index in [-0.39, 0.29) is 16.2 Å². The summed E-state index contributed by atoms with van der Waals surface area (Å²) in [5.41, 5.74) is 6.23. The van der Waals surface area contributed by atoms with E-state index in [9.17, 15) is 12.8 Å². The monoisotopic (exact) mass is 392 g/mol. The van der Waals surface area contributed by atoms with Gasteiger partial charge in [-0.3, -0.25) is 5.43 Å². The first kappa shape index (κ1) is 18.1. The second-order valence-corrected chi connectivity index (χ2v) is 8.35. The third-order valence-corrected chi connectivity index (χ3v) is 6.09. The average molecular weight is 392 g/mol. The van der Waals surface area contributed by atoms with Crippen molar-refractivity contribution in [1.82, 2.24) is 5.43 Å². The lowest BCUT2D eigenvalue weighted by molar-refractivity contribution is 0.596. The Balaban J connectivity index is 1.76. The second-order valence-electron chi connectivity index (χ2n) is 6.34. The molecule has 3 aromatic rings. The Morgan fingerprint density at radius 1 is 0.893 bits per heavy atom. The largest absolute Gasteiger partial charge is 0.278 e. The van der Waals surface area contributed by atoms with Crippen LogP contribution in [-0.2, 0) is 9.84 Å². The fourth-order valence-electron chi connectivity index (χ4n) is 3.09. The molecule has 0 fully saturated rings. The number of nitrogens with one attached hydrogen (secondary N) is 1. The predicted octanol–water partition coefficient (Wildman–Crippen LogP) is 4.00. The number of halogens is 1. The van der Waals surface area contributed by atoms with Crippen LogP contribution in [0.2, 0.25) is 0 Å². The van der Waals surface area contributed by atoms with Gasteiger partial charge in [0, 0.05) is 16.7 Å². The van der Waals surface area contributed by atoms with Gasteiger partial charge in [-0.25, -0.2) is 12.8 Å². The van der Waals surface area contributed by atoms with E-state index in [1.165, 1.54) is 18.2 Å². The van der Waals surface area contributed by atoms with E-state index in [0.29, 0.717) is 11.4 Å². The Kier molecular flexibility index (Phi) is 4.79. The first-order chi connectivity index (χ1) is 13.5. The Labute approximate surface area is 163 Å². The van der Waals surface area contributed by atoms with Gasteiger partial charge in [0.25, 0.3) is 0 Å². The van der Waals surface area contributed by atoms with Gasteiger partial charge >= 0.3 is 0 Å². The van der Waals surface area contributed by atoms with Gasteiger partial charge in [-0.1, -0.05) is 60.7 Å². The zero-order valence-electron chi connectivity index (χ0n) is 14.8. The quantitative estimate of drug-likeness (QED) is 0.415. The van der Waals surface area contributed by atoms with E-state index in [2.05, 4.69) is 10.5 Å². The Morgan fingerprint density at radius 2 is 1.50 bits per heavy atom. The van der Waals surface area contributed by atoms with E-state index in [1.54, 1.807) is 0 Å². The summed E-state index contributed by atoms with van der Waals surface area (Å²) >= 11 is 0. The molecule has 0 saturated heterocycles. The number of benzene rings is 3. The zero-order chi connectivity index (χ0) is 19.6. The maximum Gasteiger partial charge on any atom is 0.182 e. The number of hydrogen-bond acceptors (Lipinski definition) is 4. The van der Waals surface area contributed by atoms with Crippen LogP contribution >= 0.6 is 0 Å². The smallest absolute Gasteiger partial charge is 0.182 e.